The van der Waals surface area contributed by atoms with Crippen LogP contribution in [-0.4, -0.2) is 21.2 Å². The van der Waals surface area contributed by atoms with Gasteiger partial charge in [-0.1, -0.05) is 48.1 Å². The molecule has 6 heteroatoms. The van der Waals surface area contributed by atoms with E-state index in [2.05, 4.69) is 17.0 Å². The summed E-state index contributed by atoms with van der Waals surface area (Å²) in [6.45, 7) is 4.80. The van der Waals surface area contributed by atoms with Crippen molar-refractivity contribution < 1.29 is 4.74 Å². The molecule has 4 aromatic rings. The summed E-state index contributed by atoms with van der Waals surface area (Å²) >= 11 is 1.35. The first-order valence-corrected chi connectivity index (χ1v) is 9.67. The molecule has 0 fully saturated rings. The third-order valence-corrected chi connectivity index (χ3v) is 5.10. The number of thiazole rings is 1. The van der Waals surface area contributed by atoms with Crippen molar-refractivity contribution in [3.05, 3.63) is 74.5 Å². The molecule has 2 aromatic carbocycles. The van der Waals surface area contributed by atoms with Crippen LogP contribution in [0.4, 0.5) is 0 Å². The molecule has 0 atom stereocenters. The van der Waals surface area contributed by atoms with Crippen molar-refractivity contribution in [2.45, 2.75) is 20.3 Å². The Hall–Kier alpha value is -2.99. The van der Waals surface area contributed by atoms with Crippen LogP contribution in [0.25, 0.3) is 22.4 Å². The first kappa shape index (κ1) is 17.4. The highest BCUT2D eigenvalue weighted by Gasteiger charge is 2.12. The second-order valence-corrected chi connectivity index (χ2v) is 7.34. The predicted molar refractivity (Wildman–Crippen MR) is 108 cm³/mol. The largest absolute Gasteiger partial charge is 0.494 e. The number of aryl methyl sites for hydroxylation is 1. The highest BCUT2D eigenvalue weighted by Crippen LogP contribution is 2.20. The van der Waals surface area contributed by atoms with Crippen molar-refractivity contribution in [1.29, 1.82) is 0 Å². The van der Waals surface area contributed by atoms with E-state index in [0.717, 1.165) is 23.3 Å². The quantitative estimate of drug-likeness (QED) is 0.534. The van der Waals surface area contributed by atoms with Crippen molar-refractivity contribution in [2.24, 2.45) is 0 Å². The van der Waals surface area contributed by atoms with Gasteiger partial charge < -0.3 is 4.74 Å². The Morgan fingerprint density at radius 2 is 1.85 bits per heavy atom. The standard InChI is InChI=1S/C21H19N3O2S/c1-3-12-26-17-10-8-16(9-11-17)19-22-21-24(23-19)20(25)18(27-21)13-15-6-4-14(2)5-7-15/h4-11,13H,3,12H2,1-2H3. The molecule has 0 aliphatic carbocycles. The summed E-state index contributed by atoms with van der Waals surface area (Å²) < 4.78 is 7.60. The fourth-order valence-corrected chi connectivity index (χ4v) is 3.60. The van der Waals surface area contributed by atoms with E-state index in [1.165, 1.54) is 21.4 Å². The maximum atomic E-state index is 12.6. The molecule has 0 saturated heterocycles. The second-order valence-electron chi connectivity index (χ2n) is 6.33. The zero-order valence-corrected chi connectivity index (χ0v) is 16.0. The average molecular weight is 377 g/mol. The monoisotopic (exact) mass is 377 g/mol. The number of hydrogen-bond donors (Lipinski definition) is 0. The van der Waals surface area contributed by atoms with Gasteiger partial charge in [0, 0.05) is 5.56 Å². The van der Waals surface area contributed by atoms with Crippen LogP contribution < -0.4 is 14.8 Å². The van der Waals surface area contributed by atoms with Crippen molar-refractivity contribution in [3.63, 3.8) is 0 Å². The molecule has 0 aliphatic rings. The summed E-state index contributed by atoms with van der Waals surface area (Å²) in [5.74, 6) is 1.36. The summed E-state index contributed by atoms with van der Waals surface area (Å²) in [6, 6.07) is 15.7. The van der Waals surface area contributed by atoms with Crippen molar-refractivity contribution in [3.8, 4) is 17.1 Å². The average Bonchev–Trinajstić information content (AvgIpc) is 3.22. The van der Waals surface area contributed by atoms with Gasteiger partial charge in [-0.15, -0.1) is 5.10 Å². The van der Waals surface area contributed by atoms with Crippen LogP contribution in [0.5, 0.6) is 5.75 Å². The fraction of sp³-hybridized carbons (Fsp3) is 0.190. The number of hydrogen-bond acceptors (Lipinski definition) is 5. The Labute approximate surface area is 160 Å². The number of benzene rings is 2. The number of nitrogens with zero attached hydrogens (tertiary/aromatic N) is 3. The molecule has 0 amide bonds. The zero-order valence-electron chi connectivity index (χ0n) is 15.2. The third kappa shape index (κ3) is 3.61. The summed E-state index contributed by atoms with van der Waals surface area (Å²) in [6.07, 6.45) is 2.84. The van der Waals surface area contributed by atoms with E-state index in [1.54, 1.807) is 0 Å². The molecule has 4 rings (SSSR count). The lowest BCUT2D eigenvalue weighted by Crippen LogP contribution is -2.23. The van der Waals surface area contributed by atoms with Crippen LogP contribution in [0, 0.1) is 6.92 Å². The first-order valence-electron chi connectivity index (χ1n) is 8.85. The third-order valence-electron chi connectivity index (χ3n) is 4.14. The molecular weight excluding hydrogens is 358 g/mol. The van der Waals surface area contributed by atoms with Gasteiger partial charge in [0.1, 0.15) is 5.75 Å². The molecule has 2 heterocycles. The lowest BCUT2D eigenvalue weighted by Gasteiger charge is -2.04. The van der Waals surface area contributed by atoms with Gasteiger partial charge in [-0.3, -0.25) is 4.79 Å². The molecule has 0 aliphatic heterocycles. The van der Waals surface area contributed by atoms with Crippen molar-refractivity contribution >= 4 is 22.4 Å². The lowest BCUT2D eigenvalue weighted by atomic mass is 10.1. The topological polar surface area (TPSA) is 56.5 Å². The van der Waals surface area contributed by atoms with Crippen LogP contribution in [0.1, 0.15) is 24.5 Å². The van der Waals surface area contributed by atoms with Crippen LogP contribution in [-0.2, 0) is 0 Å². The first-order chi connectivity index (χ1) is 13.1. The lowest BCUT2D eigenvalue weighted by molar-refractivity contribution is 0.317. The van der Waals surface area contributed by atoms with Gasteiger partial charge in [-0.05, 0) is 49.2 Å². The molecule has 0 unspecified atom stereocenters. The summed E-state index contributed by atoms with van der Waals surface area (Å²) in [4.78, 5) is 17.8. The Morgan fingerprint density at radius 3 is 2.52 bits per heavy atom. The molecule has 0 radical (unpaired) electrons. The minimum absolute atomic E-state index is 0.141. The van der Waals surface area contributed by atoms with Gasteiger partial charge in [0.2, 0.25) is 4.96 Å². The normalized spacial score (nSPS) is 12.0. The number of rotatable bonds is 5. The van der Waals surface area contributed by atoms with E-state index < -0.39 is 0 Å². The highest BCUT2D eigenvalue weighted by atomic mass is 32.1. The van der Waals surface area contributed by atoms with Gasteiger partial charge in [0.25, 0.3) is 5.56 Å². The van der Waals surface area contributed by atoms with Gasteiger partial charge in [0.05, 0.1) is 11.1 Å². The highest BCUT2D eigenvalue weighted by molar-refractivity contribution is 7.15. The van der Waals surface area contributed by atoms with Gasteiger partial charge in [-0.2, -0.15) is 9.50 Å². The number of fused-ring (bicyclic) bond motifs is 1. The van der Waals surface area contributed by atoms with E-state index in [1.807, 2.05) is 61.5 Å². The SMILES string of the molecule is CCCOc1ccc(-c2nc3sc(=Cc4ccc(C)cc4)c(=O)n3n2)cc1. The fourth-order valence-electron chi connectivity index (χ4n) is 2.69. The van der Waals surface area contributed by atoms with E-state index in [-0.39, 0.29) is 5.56 Å². The van der Waals surface area contributed by atoms with Crippen LogP contribution in [0.3, 0.4) is 0 Å². The van der Waals surface area contributed by atoms with E-state index >= 15 is 0 Å². The molecule has 0 N–H and O–H groups in total. The van der Waals surface area contributed by atoms with Crippen LogP contribution in [0.2, 0.25) is 0 Å². The summed E-state index contributed by atoms with van der Waals surface area (Å²) in [7, 11) is 0. The summed E-state index contributed by atoms with van der Waals surface area (Å²) in [5.41, 5.74) is 2.90. The van der Waals surface area contributed by atoms with E-state index in [0.29, 0.717) is 21.9 Å². The molecule has 27 heavy (non-hydrogen) atoms. The smallest absolute Gasteiger partial charge is 0.291 e. The number of aromatic nitrogens is 3. The Bertz CT molecular complexity index is 1180. The van der Waals surface area contributed by atoms with Gasteiger partial charge >= 0.3 is 0 Å². The maximum absolute atomic E-state index is 12.6. The molecule has 0 saturated carbocycles. The van der Waals surface area contributed by atoms with Crippen molar-refractivity contribution in [1.82, 2.24) is 14.6 Å². The molecule has 0 bridgehead atoms. The van der Waals surface area contributed by atoms with E-state index in [4.69, 9.17) is 4.74 Å². The summed E-state index contributed by atoms with van der Waals surface area (Å²) in [5, 5.41) is 4.39. The molecule has 0 spiro atoms. The Kier molecular flexibility index (Phi) is 4.73. The molecule has 5 nitrogen and oxygen atoms in total. The van der Waals surface area contributed by atoms with Crippen LogP contribution in [0.15, 0.2) is 53.3 Å². The predicted octanol–water partition coefficient (Wildman–Crippen LogP) is 3.46. The Morgan fingerprint density at radius 1 is 1.11 bits per heavy atom. The number of ether oxygens (including phenoxy) is 1. The second kappa shape index (κ2) is 7.32. The molecule has 2 aromatic heterocycles. The zero-order chi connectivity index (χ0) is 18.8. The van der Waals surface area contributed by atoms with Gasteiger partial charge in [-0.25, -0.2) is 0 Å². The molecular formula is C21H19N3O2S. The minimum atomic E-state index is -0.141. The van der Waals surface area contributed by atoms with Crippen LogP contribution >= 0.6 is 11.3 Å². The van der Waals surface area contributed by atoms with Gasteiger partial charge in [0.15, 0.2) is 5.82 Å². The van der Waals surface area contributed by atoms with Crippen molar-refractivity contribution in [2.75, 3.05) is 6.61 Å². The minimum Gasteiger partial charge on any atom is -0.494 e. The maximum Gasteiger partial charge on any atom is 0.291 e. The Balaban J connectivity index is 1.66. The molecule has 136 valence electrons. The van der Waals surface area contributed by atoms with E-state index in [9.17, 15) is 4.79 Å².